The molecule has 0 amide bonds. The molecule has 0 bridgehead atoms. The molecule has 3 heteroatoms. The molecule has 15 heavy (non-hydrogen) atoms. The van der Waals surface area contributed by atoms with Crippen molar-refractivity contribution in [1.82, 2.24) is 0 Å². The van der Waals surface area contributed by atoms with Crippen LogP contribution >= 0.6 is 0 Å². The van der Waals surface area contributed by atoms with E-state index < -0.39 is 0 Å². The zero-order chi connectivity index (χ0) is 11.4. The van der Waals surface area contributed by atoms with E-state index in [-0.39, 0.29) is 5.82 Å². The van der Waals surface area contributed by atoms with Crippen LogP contribution in [0.5, 0.6) is 0 Å². The second-order valence-corrected chi connectivity index (χ2v) is 4.08. The average Bonchev–Trinajstić information content (AvgIpc) is 2.17. The van der Waals surface area contributed by atoms with E-state index in [0.717, 1.165) is 17.7 Å². The Morgan fingerprint density at radius 3 is 2.60 bits per heavy atom. The second kappa shape index (κ2) is 5.12. The molecule has 1 rings (SSSR count). The van der Waals surface area contributed by atoms with Crippen molar-refractivity contribution in [3.8, 4) is 0 Å². The van der Waals surface area contributed by atoms with E-state index in [1.165, 1.54) is 6.07 Å². The molecule has 2 nitrogen and oxygen atoms in total. The molecule has 1 aromatic carbocycles. The molecule has 1 atom stereocenters. The third-order valence-corrected chi connectivity index (χ3v) is 2.60. The maximum atomic E-state index is 13.2. The topological polar surface area (TPSA) is 29.3 Å². The van der Waals surface area contributed by atoms with Crippen LogP contribution in [-0.4, -0.2) is 20.6 Å². The third kappa shape index (κ3) is 2.93. The van der Waals surface area contributed by atoms with Crippen LogP contribution in [-0.2, 0) is 0 Å². The summed E-state index contributed by atoms with van der Waals surface area (Å²) in [4.78, 5) is 2.00. The van der Waals surface area contributed by atoms with E-state index >= 15 is 0 Å². The van der Waals surface area contributed by atoms with Gasteiger partial charge in [-0.05, 0) is 42.6 Å². The minimum absolute atomic E-state index is 0.181. The predicted molar refractivity (Wildman–Crippen MR) is 62.8 cm³/mol. The zero-order valence-corrected chi connectivity index (χ0v) is 9.63. The highest BCUT2D eigenvalue weighted by Crippen LogP contribution is 2.28. The van der Waals surface area contributed by atoms with Crippen LogP contribution in [0.2, 0.25) is 0 Å². The zero-order valence-electron chi connectivity index (χ0n) is 9.63. The van der Waals surface area contributed by atoms with Crippen LogP contribution in [0, 0.1) is 5.82 Å². The lowest BCUT2D eigenvalue weighted by Gasteiger charge is -2.21. The van der Waals surface area contributed by atoms with Gasteiger partial charge in [-0.15, -0.1) is 0 Å². The molecular weight excluding hydrogens is 191 g/mol. The van der Waals surface area contributed by atoms with E-state index in [1.807, 2.05) is 25.1 Å². The molecule has 1 unspecified atom stereocenters. The Kier molecular flexibility index (Phi) is 4.09. The molecule has 0 heterocycles. The first-order chi connectivity index (χ1) is 7.06. The van der Waals surface area contributed by atoms with E-state index in [2.05, 4.69) is 6.92 Å². The van der Waals surface area contributed by atoms with E-state index in [0.29, 0.717) is 12.5 Å². The van der Waals surface area contributed by atoms with Crippen molar-refractivity contribution < 1.29 is 4.39 Å². The normalized spacial score (nSPS) is 12.6. The summed E-state index contributed by atoms with van der Waals surface area (Å²) < 4.78 is 13.2. The number of benzene rings is 1. The van der Waals surface area contributed by atoms with Crippen molar-refractivity contribution in [3.05, 3.63) is 29.6 Å². The molecule has 0 radical (unpaired) electrons. The maximum Gasteiger partial charge on any atom is 0.123 e. The number of nitrogens with zero attached hydrogens (tertiary/aromatic N) is 1. The quantitative estimate of drug-likeness (QED) is 0.826. The predicted octanol–water partition coefficient (Wildman–Crippen LogP) is 2.34. The molecule has 0 aliphatic carbocycles. The van der Waals surface area contributed by atoms with Crippen molar-refractivity contribution >= 4 is 5.69 Å². The number of hydrogen-bond donors (Lipinski definition) is 1. The minimum Gasteiger partial charge on any atom is -0.377 e. The third-order valence-electron chi connectivity index (χ3n) is 2.60. The van der Waals surface area contributed by atoms with Crippen LogP contribution in [0.1, 0.15) is 24.8 Å². The summed E-state index contributed by atoms with van der Waals surface area (Å²) in [7, 11) is 3.93. The van der Waals surface area contributed by atoms with Crippen LogP contribution in [0.15, 0.2) is 18.2 Å². The van der Waals surface area contributed by atoms with Crippen molar-refractivity contribution in [3.63, 3.8) is 0 Å². The summed E-state index contributed by atoms with van der Waals surface area (Å²) in [5, 5.41) is 0. The van der Waals surface area contributed by atoms with Crippen molar-refractivity contribution in [2.24, 2.45) is 5.73 Å². The number of rotatable bonds is 4. The summed E-state index contributed by atoms with van der Waals surface area (Å²) in [6, 6.07) is 4.92. The molecule has 0 aromatic heterocycles. The summed E-state index contributed by atoms with van der Waals surface area (Å²) in [6.45, 7) is 2.71. The number of nitrogens with two attached hydrogens (primary N) is 1. The first-order valence-electron chi connectivity index (χ1n) is 5.23. The Morgan fingerprint density at radius 1 is 1.40 bits per heavy atom. The fraction of sp³-hybridized carbons (Fsp3) is 0.500. The van der Waals surface area contributed by atoms with Gasteiger partial charge in [0.1, 0.15) is 5.82 Å². The minimum atomic E-state index is -0.181. The van der Waals surface area contributed by atoms with E-state index in [4.69, 9.17) is 5.73 Å². The monoisotopic (exact) mass is 210 g/mol. The summed E-state index contributed by atoms with van der Waals surface area (Å²) in [5.41, 5.74) is 7.62. The molecule has 0 aliphatic heterocycles. The van der Waals surface area contributed by atoms with Gasteiger partial charge in [0.05, 0.1) is 0 Å². The molecule has 1 aromatic rings. The van der Waals surface area contributed by atoms with Gasteiger partial charge in [0.15, 0.2) is 0 Å². The summed E-state index contributed by atoms with van der Waals surface area (Å²) >= 11 is 0. The summed E-state index contributed by atoms with van der Waals surface area (Å²) in [6.07, 6.45) is 0.879. The van der Waals surface area contributed by atoms with Gasteiger partial charge in [0, 0.05) is 19.8 Å². The Bertz CT molecular complexity index is 323. The highest BCUT2D eigenvalue weighted by atomic mass is 19.1. The lowest BCUT2D eigenvalue weighted by Crippen LogP contribution is -2.14. The molecule has 0 fully saturated rings. The van der Waals surface area contributed by atoms with Gasteiger partial charge in [-0.3, -0.25) is 0 Å². The fourth-order valence-electron chi connectivity index (χ4n) is 1.73. The summed E-state index contributed by atoms with van der Waals surface area (Å²) in [5.74, 6) is 0.113. The Labute approximate surface area is 90.9 Å². The van der Waals surface area contributed by atoms with Gasteiger partial charge in [0.25, 0.3) is 0 Å². The maximum absolute atomic E-state index is 13.2. The molecule has 2 N–H and O–H groups in total. The number of hydrogen-bond acceptors (Lipinski definition) is 2. The van der Waals surface area contributed by atoms with Crippen LogP contribution in [0.25, 0.3) is 0 Å². The second-order valence-electron chi connectivity index (χ2n) is 4.08. The van der Waals surface area contributed by atoms with E-state index in [9.17, 15) is 4.39 Å². The van der Waals surface area contributed by atoms with Gasteiger partial charge in [-0.2, -0.15) is 0 Å². The van der Waals surface area contributed by atoms with Gasteiger partial charge in [-0.1, -0.05) is 6.92 Å². The molecule has 0 saturated heterocycles. The fourth-order valence-corrected chi connectivity index (χ4v) is 1.73. The SMILES string of the molecule is CC(CCN)c1cc(F)ccc1N(C)C. The smallest absolute Gasteiger partial charge is 0.123 e. The average molecular weight is 210 g/mol. The van der Waals surface area contributed by atoms with Crippen molar-refractivity contribution in [2.45, 2.75) is 19.3 Å². The Balaban J connectivity index is 3.06. The van der Waals surface area contributed by atoms with Crippen LogP contribution in [0.3, 0.4) is 0 Å². The van der Waals surface area contributed by atoms with Crippen LogP contribution in [0.4, 0.5) is 10.1 Å². The standard InChI is InChI=1S/C12H19FN2/c1-9(6-7-14)11-8-10(13)4-5-12(11)15(2)3/h4-5,8-9H,6-7,14H2,1-3H3. The molecule has 0 saturated carbocycles. The number of halogens is 1. The first-order valence-corrected chi connectivity index (χ1v) is 5.23. The van der Waals surface area contributed by atoms with Crippen molar-refractivity contribution in [1.29, 1.82) is 0 Å². The number of anilines is 1. The van der Waals surface area contributed by atoms with Gasteiger partial charge in [0.2, 0.25) is 0 Å². The molecule has 0 spiro atoms. The molecule has 0 aliphatic rings. The van der Waals surface area contributed by atoms with E-state index in [1.54, 1.807) is 6.07 Å². The largest absolute Gasteiger partial charge is 0.377 e. The van der Waals surface area contributed by atoms with Crippen molar-refractivity contribution in [2.75, 3.05) is 25.5 Å². The molecule has 84 valence electrons. The lowest BCUT2D eigenvalue weighted by molar-refractivity contribution is 0.616. The van der Waals surface area contributed by atoms with Gasteiger partial charge in [-0.25, -0.2) is 4.39 Å². The first kappa shape index (κ1) is 12.0. The van der Waals surface area contributed by atoms with Gasteiger partial charge < -0.3 is 10.6 Å². The van der Waals surface area contributed by atoms with Crippen LogP contribution < -0.4 is 10.6 Å². The highest BCUT2D eigenvalue weighted by molar-refractivity contribution is 5.54. The van der Waals surface area contributed by atoms with Gasteiger partial charge >= 0.3 is 0 Å². The lowest BCUT2D eigenvalue weighted by atomic mass is 9.95. The highest BCUT2D eigenvalue weighted by Gasteiger charge is 2.12. The Hall–Kier alpha value is -1.09. The molecular formula is C12H19FN2. The Morgan fingerprint density at radius 2 is 2.07 bits per heavy atom.